The Kier molecular flexibility index (Phi) is 13.3. The fourth-order valence-corrected chi connectivity index (χ4v) is 2.98. The van der Waals surface area contributed by atoms with E-state index in [2.05, 4.69) is 16.0 Å². The van der Waals surface area contributed by atoms with Crippen molar-refractivity contribution >= 4 is 35.5 Å². The predicted octanol–water partition coefficient (Wildman–Crippen LogP) is 0.329. The first kappa shape index (κ1) is 27.2. The minimum absolute atomic E-state index is 0.0215. The van der Waals surface area contributed by atoms with Crippen molar-refractivity contribution in [1.29, 1.82) is 0 Å². The van der Waals surface area contributed by atoms with Gasteiger partial charge in [0.25, 0.3) is 0 Å². The van der Waals surface area contributed by atoms with Crippen molar-refractivity contribution < 1.29 is 24.3 Å². The first-order valence-corrected chi connectivity index (χ1v) is 11.3. The van der Waals surface area contributed by atoms with Crippen LogP contribution in [0.2, 0.25) is 0 Å². The predicted molar refractivity (Wildman–Crippen MR) is 114 cm³/mol. The highest BCUT2D eigenvalue weighted by atomic mass is 32.2. The monoisotopic (exact) mass is 432 g/mol. The highest BCUT2D eigenvalue weighted by Crippen LogP contribution is 2.08. The summed E-state index contributed by atoms with van der Waals surface area (Å²) in [5.41, 5.74) is 5.83. The molecule has 0 saturated carbocycles. The molecule has 0 saturated heterocycles. The Balaban J connectivity index is 4.88. The first-order chi connectivity index (χ1) is 13.5. The summed E-state index contributed by atoms with van der Waals surface area (Å²) in [5, 5.41) is 16.8. The van der Waals surface area contributed by atoms with Crippen molar-refractivity contribution in [2.75, 3.05) is 18.6 Å². The van der Waals surface area contributed by atoms with Gasteiger partial charge in [-0.3, -0.25) is 14.4 Å². The topological polar surface area (TPSA) is 151 Å². The second-order valence-electron chi connectivity index (χ2n) is 7.56. The Morgan fingerprint density at radius 2 is 1.66 bits per heavy atom. The lowest BCUT2D eigenvalue weighted by molar-refractivity contribution is -0.142. The summed E-state index contributed by atoms with van der Waals surface area (Å²) >= 11 is 1.48. The molecular formula is C19H36N4O5S. The number of hydrogen-bond donors (Lipinski definition) is 5. The zero-order chi connectivity index (χ0) is 22.6. The summed E-state index contributed by atoms with van der Waals surface area (Å²) in [5.74, 6) is -1.98. The summed E-state index contributed by atoms with van der Waals surface area (Å²) in [4.78, 5) is 48.2. The van der Waals surface area contributed by atoms with Crippen LogP contribution in [0.25, 0.3) is 0 Å². The molecule has 168 valence electrons. The smallest absolute Gasteiger partial charge is 0.326 e. The van der Waals surface area contributed by atoms with E-state index < -0.39 is 41.8 Å². The Labute approximate surface area is 177 Å². The van der Waals surface area contributed by atoms with E-state index in [-0.39, 0.29) is 24.8 Å². The molecule has 4 atom stereocenters. The molecule has 0 bridgehead atoms. The van der Waals surface area contributed by atoms with E-state index in [9.17, 15) is 24.3 Å². The van der Waals surface area contributed by atoms with Gasteiger partial charge in [0.05, 0.1) is 12.6 Å². The molecule has 0 aliphatic heterocycles. The van der Waals surface area contributed by atoms with Crippen LogP contribution >= 0.6 is 11.8 Å². The molecule has 0 aliphatic carbocycles. The normalized spacial score (nSPS) is 15.1. The van der Waals surface area contributed by atoms with Crippen LogP contribution in [0.1, 0.15) is 47.0 Å². The van der Waals surface area contributed by atoms with E-state index >= 15 is 0 Å². The third kappa shape index (κ3) is 11.1. The van der Waals surface area contributed by atoms with Crippen molar-refractivity contribution in [2.24, 2.45) is 17.6 Å². The maximum atomic E-state index is 12.6. The number of carboxylic acid groups (broad SMARTS) is 1. The maximum absolute atomic E-state index is 12.6. The van der Waals surface area contributed by atoms with E-state index in [1.807, 2.05) is 34.0 Å². The number of thioether (sulfide) groups is 1. The van der Waals surface area contributed by atoms with Gasteiger partial charge in [0, 0.05) is 0 Å². The van der Waals surface area contributed by atoms with Crippen molar-refractivity contribution in [3.63, 3.8) is 0 Å². The number of amides is 3. The fraction of sp³-hybridized carbons (Fsp3) is 0.789. The van der Waals surface area contributed by atoms with Crippen LogP contribution in [0.3, 0.4) is 0 Å². The Bertz CT molecular complexity index is 559. The first-order valence-electron chi connectivity index (χ1n) is 9.88. The quantitative estimate of drug-likeness (QED) is 0.265. The van der Waals surface area contributed by atoms with Crippen molar-refractivity contribution in [1.82, 2.24) is 16.0 Å². The third-order valence-corrected chi connectivity index (χ3v) is 5.21. The van der Waals surface area contributed by atoms with Gasteiger partial charge in [-0.25, -0.2) is 4.79 Å². The minimum atomic E-state index is -1.12. The van der Waals surface area contributed by atoms with E-state index in [0.717, 1.165) is 6.42 Å². The second kappa shape index (κ2) is 14.2. The van der Waals surface area contributed by atoms with Crippen LogP contribution < -0.4 is 21.7 Å². The third-order valence-electron chi connectivity index (χ3n) is 4.57. The number of carbonyl (C=O) groups excluding carboxylic acids is 3. The lowest BCUT2D eigenvalue weighted by atomic mass is 9.99. The molecule has 0 rings (SSSR count). The van der Waals surface area contributed by atoms with Crippen LogP contribution in [-0.4, -0.2) is 65.5 Å². The average molecular weight is 433 g/mol. The van der Waals surface area contributed by atoms with Crippen LogP contribution in [-0.2, 0) is 19.2 Å². The molecule has 0 aromatic heterocycles. The minimum Gasteiger partial charge on any atom is -0.480 e. The van der Waals surface area contributed by atoms with E-state index in [0.29, 0.717) is 12.2 Å². The molecule has 0 fully saturated rings. The second-order valence-corrected chi connectivity index (χ2v) is 8.55. The highest BCUT2D eigenvalue weighted by molar-refractivity contribution is 7.98. The Morgan fingerprint density at radius 3 is 2.14 bits per heavy atom. The summed E-state index contributed by atoms with van der Waals surface area (Å²) in [6.07, 6.45) is 3.21. The summed E-state index contributed by atoms with van der Waals surface area (Å²) < 4.78 is 0. The molecule has 0 aliphatic rings. The summed E-state index contributed by atoms with van der Waals surface area (Å²) in [6, 6.07) is -2.62. The van der Waals surface area contributed by atoms with Crippen LogP contribution in [0.4, 0.5) is 0 Å². The lowest BCUT2D eigenvalue weighted by Crippen LogP contribution is -2.54. The van der Waals surface area contributed by atoms with Gasteiger partial charge < -0.3 is 26.8 Å². The molecule has 9 nitrogen and oxygen atoms in total. The molecule has 0 unspecified atom stereocenters. The lowest BCUT2D eigenvalue weighted by Gasteiger charge is -2.23. The number of nitrogens with one attached hydrogen (secondary N) is 3. The Morgan fingerprint density at radius 1 is 1.03 bits per heavy atom. The molecule has 0 spiro atoms. The number of aliphatic carboxylic acids is 1. The molecule has 0 aromatic carbocycles. The zero-order valence-corrected chi connectivity index (χ0v) is 18.8. The van der Waals surface area contributed by atoms with Gasteiger partial charge in [-0.05, 0) is 36.7 Å². The molecule has 10 heteroatoms. The number of hydrogen-bond acceptors (Lipinski definition) is 6. The standard InChI is InChI=1S/C19H36N4O5S/c1-6-12(4)16(20)18(26)21-10-15(24)22-14(9-11(2)3)17(25)23-13(19(27)28)7-8-29-5/h11-14,16H,6-10,20H2,1-5H3,(H,21,26)(H,22,24)(H,23,25)(H,27,28)/t12-,13+,14+,16-/m0/s1. The number of rotatable bonds is 14. The number of carboxylic acids is 1. The van der Waals surface area contributed by atoms with E-state index in [4.69, 9.17) is 5.73 Å². The molecule has 0 radical (unpaired) electrons. The fourth-order valence-electron chi connectivity index (χ4n) is 2.51. The molecular weight excluding hydrogens is 396 g/mol. The largest absolute Gasteiger partial charge is 0.480 e. The average Bonchev–Trinajstić information content (AvgIpc) is 2.66. The van der Waals surface area contributed by atoms with Crippen LogP contribution in [0, 0.1) is 11.8 Å². The summed E-state index contributed by atoms with van der Waals surface area (Å²) in [7, 11) is 0. The van der Waals surface area contributed by atoms with Crippen LogP contribution in [0.15, 0.2) is 0 Å². The highest BCUT2D eigenvalue weighted by Gasteiger charge is 2.27. The number of carbonyl (C=O) groups is 4. The van der Waals surface area contributed by atoms with Gasteiger partial charge in [-0.2, -0.15) is 11.8 Å². The van der Waals surface area contributed by atoms with Crippen molar-refractivity contribution in [3.8, 4) is 0 Å². The molecule has 29 heavy (non-hydrogen) atoms. The van der Waals surface area contributed by atoms with Crippen molar-refractivity contribution in [3.05, 3.63) is 0 Å². The molecule has 0 aromatic rings. The van der Waals surface area contributed by atoms with Gasteiger partial charge in [-0.15, -0.1) is 0 Å². The van der Waals surface area contributed by atoms with Gasteiger partial charge in [0.15, 0.2) is 0 Å². The van der Waals surface area contributed by atoms with E-state index in [1.165, 1.54) is 11.8 Å². The molecule has 3 amide bonds. The Hall–Kier alpha value is -1.81. The zero-order valence-electron chi connectivity index (χ0n) is 18.0. The van der Waals surface area contributed by atoms with E-state index in [1.54, 1.807) is 0 Å². The van der Waals surface area contributed by atoms with Gasteiger partial charge in [0.2, 0.25) is 17.7 Å². The summed E-state index contributed by atoms with van der Waals surface area (Å²) in [6.45, 7) is 7.25. The number of nitrogens with two attached hydrogens (primary N) is 1. The SMILES string of the molecule is CC[C@H](C)[C@H](N)C(=O)NCC(=O)N[C@H](CC(C)C)C(=O)N[C@H](CCSC)C(=O)O. The van der Waals surface area contributed by atoms with Gasteiger partial charge in [0.1, 0.15) is 12.1 Å². The van der Waals surface area contributed by atoms with Gasteiger partial charge >= 0.3 is 5.97 Å². The maximum Gasteiger partial charge on any atom is 0.326 e. The van der Waals surface area contributed by atoms with Crippen molar-refractivity contribution in [2.45, 2.75) is 65.1 Å². The van der Waals surface area contributed by atoms with Gasteiger partial charge in [-0.1, -0.05) is 34.1 Å². The molecule has 0 heterocycles. The molecule has 6 N–H and O–H groups in total. The van der Waals surface area contributed by atoms with Crippen LogP contribution in [0.5, 0.6) is 0 Å².